The van der Waals surface area contributed by atoms with Crippen LogP contribution in [0.4, 0.5) is 10.1 Å². The SMILES string of the molecule is CN(Cc1cccnc1)c1cccc(F)c1C(=O)O. The van der Waals surface area contributed by atoms with Gasteiger partial charge in [-0.25, -0.2) is 9.18 Å². The number of nitrogens with zero attached hydrogens (tertiary/aromatic N) is 2. The summed E-state index contributed by atoms with van der Waals surface area (Å²) in [7, 11) is 1.72. The molecule has 0 aliphatic carbocycles. The summed E-state index contributed by atoms with van der Waals surface area (Å²) in [4.78, 5) is 16.8. The summed E-state index contributed by atoms with van der Waals surface area (Å²) in [6, 6.07) is 7.90. The zero-order valence-corrected chi connectivity index (χ0v) is 10.4. The van der Waals surface area contributed by atoms with Crippen LogP contribution in [0.25, 0.3) is 0 Å². The lowest BCUT2D eigenvalue weighted by Crippen LogP contribution is -2.20. The number of benzene rings is 1. The van der Waals surface area contributed by atoms with Gasteiger partial charge in [-0.05, 0) is 23.8 Å². The van der Waals surface area contributed by atoms with Gasteiger partial charge in [-0.1, -0.05) is 12.1 Å². The van der Waals surface area contributed by atoms with E-state index in [4.69, 9.17) is 5.11 Å². The Bertz CT molecular complexity index is 587. The minimum Gasteiger partial charge on any atom is -0.478 e. The number of pyridine rings is 1. The number of aromatic nitrogens is 1. The lowest BCUT2D eigenvalue weighted by Gasteiger charge is -2.21. The predicted octanol–water partition coefficient (Wildman–Crippen LogP) is 2.56. The molecule has 0 fully saturated rings. The molecule has 1 aromatic heterocycles. The Morgan fingerprint density at radius 2 is 2.16 bits per heavy atom. The first-order chi connectivity index (χ1) is 9.09. The van der Waals surface area contributed by atoms with Gasteiger partial charge in [0.15, 0.2) is 0 Å². The largest absolute Gasteiger partial charge is 0.478 e. The molecule has 2 rings (SSSR count). The average molecular weight is 260 g/mol. The number of hydrogen-bond donors (Lipinski definition) is 1. The third-order valence-corrected chi connectivity index (χ3v) is 2.76. The number of carboxylic acids is 1. The molecule has 0 bridgehead atoms. The van der Waals surface area contributed by atoms with Crippen molar-refractivity contribution in [2.24, 2.45) is 0 Å². The Kier molecular flexibility index (Phi) is 3.75. The molecule has 19 heavy (non-hydrogen) atoms. The van der Waals surface area contributed by atoms with E-state index < -0.39 is 11.8 Å². The van der Waals surface area contributed by atoms with Crippen molar-refractivity contribution in [1.82, 2.24) is 4.98 Å². The van der Waals surface area contributed by atoms with Crippen LogP contribution < -0.4 is 4.90 Å². The van der Waals surface area contributed by atoms with Crippen molar-refractivity contribution in [2.45, 2.75) is 6.54 Å². The third-order valence-electron chi connectivity index (χ3n) is 2.76. The summed E-state index contributed by atoms with van der Waals surface area (Å²) in [5, 5.41) is 9.08. The number of halogens is 1. The molecule has 0 unspecified atom stereocenters. The highest BCUT2D eigenvalue weighted by molar-refractivity contribution is 5.94. The zero-order chi connectivity index (χ0) is 13.8. The van der Waals surface area contributed by atoms with Gasteiger partial charge in [0.25, 0.3) is 0 Å². The molecule has 0 aliphatic rings. The average Bonchev–Trinajstić information content (AvgIpc) is 2.39. The molecule has 0 saturated carbocycles. The van der Waals surface area contributed by atoms with E-state index in [1.54, 1.807) is 36.5 Å². The molecule has 1 heterocycles. The van der Waals surface area contributed by atoms with Crippen molar-refractivity contribution < 1.29 is 14.3 Å². The number of aromatic carboxylic acids is 1. The topological polar surface area (TPSA) is 53.4 Å². The fourth-order valence-corrected chi connectivity index (χ4v) is 1.89. The van der Waals surface area contributed by atoms with Crippen molar-refractivity contribution >= 4 is 11.7 Å². The Morgan fingerprint density at radius 1 is 1.37 bits per heavy atom. The molecule has 0 amide bonds. The number of hydrogen-bond acceptors (Lipinski definition) is 3. The maximum atomic E-state index is 13.6. The lowest BCUT2D eigenvalue weighted by atomic mass is 10.1. The first kappa shape index (κ1) is 13.0. The van der Waals surface area contributed by atoms with E-state index in [0.29, 0.717) is 12.2 Å². The highest BCUT2D eigenvalue weighted by atomic mass is 19.1. The van der Waals surface area contributed by atoms with Gasteiger partial charge in [0.05, 0.1) is 5.69 Å². The Hall–Kier alpha value is -2.43. The smallest absolute Gasteiger partial charge is 0.340 e. The van der Waals surface area contributed by atoms with Crippen LogP contribution in [0.2, 0.25) is 0 Å². The van der Waals surface area contributed by atoms with Gasteiger partial charge in [-0.15, -0.1) is 0 Å². The lowest BCUT2D eigenvalue weighted by molar-refractivity contribution is 0.0692. The van der Waals surface area contributed by atoms with E-state index in [2.05, 4.69) is 4.98 Å². The maximum Gasteiger partial charge on any atom is 0.340 e. The standard InChI is InChI=1S/C14H13FN2O2/c1-17(9-10-4-3-7-16-8-10)12-6-2-5-11(15)13(12)14(18)19/h2-8H,9H2,1H3,(H,18,19). The van der Waals surface area contributed by atoms with E-state index in [0.717, 1.165) is 11.6 Å². The van der Waals surface area contributed by atoms with E-state index in [1.807, 2.05) is 6.07 Å². The molecule has 4 nitrogen and oxygen atoms in total. The summed E-state index contributed by atoms with van der Waals surface area (Å²) in [6.45, 7) is 0.456. The van der Waals surface area contributed by atoms with Crippen LogP contribution in [0.3, 0.4) is 0 Å². The maximum absolute atomic E-state index is 13.6. The van der Waals surface area contributed by atoms with Crippen molar-refractivity contribution in [3.8, 4) is 0 Å². The van der Waals surface area contributed by atoms with E-state index in [1.165, 1.54) is 6.07 Å². The molecule has 0 atom stereocenters. The van der Waals surface area contributed by atoms with Gasteiger partial charge in [0.1, 0.15) is 11.4 Å². The van der Waals surface area contributed by atoms with E-state index in [-0.39, 0.29) is 5.56 Å². The molecule has 5 heteroatoms. The number of carboxylic acid groups (broad SMARTS) is 1. The minimum absolute atomic E-state index is 0.311. The van der Waals surface area contributed by atoms with Crippen LogP contribution in [-0.2, 0) is 6.54 Å². The highest BCUT2D eigenvalue weighted by Crippen LogP contribution is 2.23. The summed E-state index contributed by atoms with van der Waals surface area (Å²) < 4.78 is 13.6. The fourth-order valence-electron chi connectivity index (χ4n) is 1.89. The van der Waals surface area contributed by atoms with Gasteiger partial charge in [-0.2, -0.15) is 0 Å². The van der Waals surface area contributed by atoms with Gasteiger partial charge >= 0.3 is 5.97 Å². The molecule has 2 aromatic rings. The number of rotatable bonds is 4. The van der Waals surface area contributed by atoms with Gasteiger partial charge in [0.2, 0.25) is 0 Å². The quantitative estimate of drug-likeness (QED) is 0.917. The van der Waals surface area contributed by atoms with E-state index >= 15 is 0 Å². The zero-order valence-electron chi connectivity index (χ0n) is 10.4. The summed E-state index contributed by atoms with van der Waals surface area (Å²) in [5.74, 6) is -2.01. The second-order valence-electron chi connectivity index (χ2n) is 4.16. The van der Waals surface area contributed by atoms with Crippen LogP contribution in [0, 0.1) is 5.82 Å². The number of carbonyl (C=O) groups is 1. The minimum atomic E-state index is -1.27. The van der Waals surface area contributed by atoms with Crippen LogP contribution >= 0.6 is 0 Å². The first-order valence-electron chi connectivity index (χ1n) is 5.71. The second-order valence-corrected chi connectivity index (χ2v) is 4.16. The molecular formula is C14H13FN2O2. The molecule has 0 aliphatic heterocycles. The normalized spacial score (nSPS) is 10.2. The predicted molar refractivity (Wildman–Crippen MR) is 69.7 cm³/mol. The van der Waals surface area contributed by atoms with Gasteiger partial charge < -0.3 is 10.0 Å². The van der Waals surface area contributed by atoms with Crippen LogP contribution in [0.1, 0.15) is 15.9 Å². The van der Waals surface area contributed by atoms with Crippen molar-refractivity contribution in [3.05, 3.63) is 59.7 Å². The van der Waals surface area contributed by atoms with Crippen molar-refractivity contribution in [3.63, 3.8) is 0 Å². The number of anilines is 1. The van der Waals surface area contributed by atoms with Crippen molar-refractivity contribution in [2.75, 3.05) is 11.9 Å². The van der Waals surface area contributed by atoms with Gasteiger partial charge in [-0.3, -0.25) is 4.98 Å². The first-order valence-corrected chi connectivity index (χ1v) is 5.71. The Morgan fingerprint density at radius 3 is 2.79 bits per heavy atom. The summed E-state index contributed by atoms with van der Waals surface area (Å²) in [5.41, 5.74) is 0.954. The van der Waals surface area contributed by atoms with Crippen molar-refractivity contribution in [1.29, 1.82) is 0 Å². The second kappa shape index (κ2) is 5.48. The van der Waals surface area contributed by atoms with Gasteiger partial charge in [0, 0.05) is 26.0 Å². The highest BCUT2D eigenvalue weighted by Gasteiger charge is 2.18. The van der Waals surface area contributed by atoms with Crippen LogP contribution in [0.15, 0.2) is 42.7 Å². The fraction of sp³-hybridized carbons (Fsp3) is 0.143. The molecule has 0 spiro atoms. The summed E-state index contributed by atoms with van der Waals surface area (Å²) in [6.07, 6.45) is 3.35. The van der Waals surface area contributed by atoms with E-state index in [9.17, 15) is 9.18 Å². The molecular weight excluding hydrogens is 247 g/mol. The molecule has 0 radical (unpaired) electrons. The summed E-state index contributed by atoms with van der Waals surface area (Å²) >= 11 is 0. The molecule has 0 saturated heterocycles. The molecule has 98 valence electrons. The molecule has 1 aromatic carbocycles. The van der Waals surface area contributed by atoms with Crippen LogP contribution in [0.5, 0.6) is 0 Å². The monoisotopic (exact) mass is 260 g/mol. The van der Waals surface area contributed by atoms with Crippen LogP contribution in [-0.4, -0.2) is 23.1 Å². The molecule has 1 N–H and O–H groups in total. The Balaban J connectivity index is 2.31. The Labute approximate surface area is 110 Å². The third kappa shape index (κ3) is 2.88.